The lowest BCUT2D eigenvalue weighted by atomic mass is 9.74. The summed E-state index contributed by atoms with van der Waals surface area (Å²) in [7, 11) is 1.58. The molecule has 0 spiro atoms. The number of aryl methyl sites for hydroxylation is 1. The Morgan fingerprint density at radius 2 is 2.06 bits per heavy atom. The number of aliphatic carboxylic acids is 1. The number of fused-ring (bicyclic) bond motifs is 1. The number of hydrogen-bond donors (Lipinski definition) is 1. The molecule has 2 aromatic heterocycles. The lowest BCUT2D eigenvalue weighted by molar-refractivity contribution is -0.153. The number of aromatic nitrogens is 2. The molecule has 1 atom stereocenters. The van der Waals surface area contributed by atoms with Gasteiger partial charge >= 0.3 is 5.97 Å². The van der Waals surface area contributed by atoms with Crippen LogP contribution in [0.5, 0.6) is 5.75 Å². The van der Waals surface area contributed by atoms with Gasteiger partial charge in [-0.25, -0.2) is 9.37 Å². The molecule has 0 radical (unpaired) electrons. The minimum Gasteiger partial charge on any atom is -0.497 e. The number of ether oxygens (including phenoxy) is 1. The average Bonchev–Trinajstić information content (AvgIpc) is 2.88. The van der Waals surface area contributed by atoms with Crippen molar-refractivity contribution in [2.24, 2.45) is 5.41 Å². The van der Waals surface area contributed by atoms with Crippen molar-refractivity contribution >= 4 is 28.6 Å². The molecule has 0 amide bonds. The van der Waals surface area contributed by atoms with Gasteiger partial charge in [-0.05, 0) is 87.2 Å². The zero-order valence-corrected chi connectivity index (χ0v) is 21.1. The van der Waals surface area contributed by atoms with Gasteiger partial charge in [-0.3, -0.25) is 9.78 Å². The maximum atomic E-state index is 15.7. The molecule has 3 heterocycles. The second kappa shape index (κ2) is 11.4. The summed E-state index contributed by atoms with van der Waals surface area (Å²) in [5.41, 5.74) is 1.17. The summed E-state index contributed by atoms with van der Waals surface area (Å²) < 4.78 is 21.0. The Balaban J connectivity index is 1.38. The number of methoxy groups -OCH3 is 1. The summed E-state index contributed by atoms with van der Waals surface area (Å²) in [5, 5.41) is 11.8. The predicted octanol–water partition coefficient (Wildman–Crippen LogP) is 5.70. The molecule has 1 saturated heterocycles. The van der Waals surface area contributed by atoms with Gasteiger partial charge in [0.05, 0.1) is 23.1 Å². The Bertz CT molecular complexity index is 1150. The third kappa shape index (κ3) is 5.93. The van der Waals surface area contributed by atoms with Gasteiger partial charge in [0.25, 0.3) is 0 Å². The van der Waals surface area contributed by atoms with Gasteiger partial charge in [0.15, 0.2) is 0 Å². The van der Waals surface area contributed by atoms with Crippen LogP contribution in [0.15, 0.2) is 53.8 Å². The summed E-state index contributed by atoms with van der Waals surface area (Å²) in [6.45, 7) is 4.15. The highest BCUT2D eigenvalue weighted by molar-refractivity contribution is 7.99. The number of carbonyl (C=O) groups is 1. The van der Waals surface area contributed by atoms with E-state index in [9.17, 15) is 9.90 Å². The Morgan fingerprint density at radius 3 is 2.74 bits per heavy atom. The molecule has 0 aliphatic carbocycles. The van der Waals surface area contributed by atoms with Gasteiger partial charge < -0.3 is 14.7 Å². The van der Waals surface area contributed by atoms with E-state index < -0.39 is 17.6 Å². The summed E-state index contributed by atoms with van der Waals surface area (Å²) in [6, 6.07) is 11.3. The normalized spacial score (nSPS) is 16.8. The smallest absolute Gasteiger partial charge is 0.309 e. The van der Waals surface area contributed by atoms with Crippen LogP contribution in [-0.2, 0) is 4.79 Å². The van der Waals surface area contributed by atoms with E-state index in [0.29, 0.717) is 49.2 Å². The molecule has 1 aliphatic heterocycles. The third-order valence-electron chi connectivity index (χ3n) is 7.07. The maximum Gasteiger partial charge on any atom is 0.309 e. The van der Waals surface area contributed by atoms with E-state index in [1.54, 1.807) is 31.3 Å². The lowest BCUT2D eigenvalue weighted by Crippen LogP contribution is -2.45. The molecule has 186 valence electrons. The Morgan fingerprint density at radius 1 is 1.26 bits per heavy atom. The molecule has 1 fully saturated rings. The minimum atomic E-state index is -1.27. The predicted molar refractivity (Wildman–Crippen MR) is 137 cm³/mol. The van der Waals surface area contributed by atoms with Crippen LogP contribution >= 0.6 is 11.8 Å². The molecule has 4 rings (SSSR count). The molecule has 6 nitrogen and oxygen atoms in total. The summed E-state index contributed by atoms with van der Waals surface area (Å²) in [6.07, 6.45) is 3.75. The largest absolute Gasteiger partial charge is 0.497 e. The quantitative estimate of drug-likeness (QED) is 0.360. The van der Waals surface area contributed by atoms with Crippen LogP contribution in [0.25, 0.3) is 10.9 Å². The average molecular weight is 498 g/mol. The minimum absolute atomic E-state index is 0.166. The molecule has 1 aromatic carbocycles. The van der Waals surface area contributed by atoms with E-state index in [0.717, 1.165) is 28.3 Å². The summed E-state index contributed by atoms with van der Waals surface area (Å²) >= 11 is 1.70. The molecule has 1 N–H and O–H groups in total. The van der Waals surface area contributed by atoms with E-state index in [-0.39, 0.29) is 6.42 Å². The van der Waals surface area contributed by atoms with Crippen LogP contribution in [0, 0.1) is 12.3 Å². The first kappa shape index (κ1) is 25.4. The molecule has 0 saturated carbocycles. The van der Waals surface area contributed by atoms with E-state index >= 15 is 4.39 Å². The van der Waals surface area contributed by atoms with Crippen molar-refractivity contribution in [1.29, 1.82) is 0 Å². The second-order valence-electron chi connectivity index (χ2n) is 9.19. The second-order valence-corrected chi connectivity index (χ2v) is 10.3. The first-order chi connectivity index (χ1) is 16.9. The van der Waals surface area contributed by atoms with Gasteiger partial charge in [0, 0.05) is 30.1 Å². The van der Waals surface area contributed by atoms with Gasteiger partial charge in [-0.1, -0.05) is 6.07 Å². The molecule has 8 heteroatoms. The van der Waals surface area contributed by atoms with Crippen molar-refractivity contribution in [3.63, 3.8) is 0 Å². The van der Waals surface area contributed by atoms with Crippen LogP contribution in [0.1, 0.15) is 43.0 Å². The Labute approximate surface area is 209 Å². The van der Waals surface area contributed by atoms with Crippen LogP contribution < -0.4 is 4.74 Å². The number of alkyl halides is 1. The van der Waals surface area contributed by atoms with Gasteiger partial charge in [-0.2, -0.15) is 0 Å². The molecular formula is C27H32FN3O3S. The SMILES string of the molecule is COc1ccc2ncc(C)c(C(F)CCC3(C(=O)O)CCN(CCSc4ccccn4)CC3)c2c1. The number of carboxylic acids is 1. The van der Waals surface area contributed by atoms with Crippen molar-refractivity contribution < 1.29 is 19.0 Å². The highest BCUT2D eigenvalue weighted by Gasteiger charge is 2.41. The number of carboxylic acid groups (broad SMARTS) is 1. The van der Waals surface area contributed by atoms with Crippen molar-refractivity contribution in [1.82, 2.24) is 14.9 Å². The lowest BCUT2D eigenvalue weighted by Gasteiger charge is -2.39. The number of hydrogen-bond acceptors (Lipinski definition) is 6. The monoisotopic (exact) mass is 497 g/mol. The number of rotatable bonds is 10. The highest BCUT2D eigenvalue weighted by atomic mass is 32.2. The maximum absolute atomic E-state index is 15.7. The van der Waals surface area contributed by atoms with Crippen LogP contribution in [0.2, 0.25) is 0 Å². The fourth-order valence-electron chi connectivity index (χ4n) is 4.87. The third-order valence-corrected chi connectivity index (χ3v) is 7.99. The summed E-state index contributed by atoms with van der Waals surface area (Å²) in [4.78, 5) is 23.4. The van der Waals surface area contributed by atoms with Gasteiger partial charge in [0.1, 0.15) is 11.9 Å². The van der Waals surface area contributed by atoms with Crippen LogP contribution in [0.3, 0.4) is 0 Å². The Kier molecular flexibility index (Phi) is 8.23. The first-order valence-corrected chi connectivity index (χ1v) is 13.0. The zero-order valence-electron chi connectivity index (χ0n) is 20.2. The van der Waals surface area contributed by atoms with Crippen LogP contribution in [0.4, 0.5) is 4.39 Å². The van der Waals surface area contributed by atoms with E-state index in [1.165, 1.54) is 0 Å². The van der Waals surface area contributed by atoms with Crippen molar-refractivity contribution in [2.75, 3.05) is 32.5 Å². The van der Waals surface area contributed by atoms with E-state index in [1.807, 2.05) is 43.3 Å². The standard InChI is InChI=1S/C27H32FN3O3S/c1-19-18-30-23-7-6-20(34-2)17-21(23)25(19)22(28)8-9-27(26(32)33)10-13-31(14-11-27)15-16-35-24-5-3-4-12-29-24/h3-7,12,17-18,22H,8-11,13-16H2,1-2H3,(H,32,33). The fourth-order valence-corrected chi connectivity index (χ4v) is 5.74. The van der Waals surface area contributed by atoms with Crippen molar-refractivity contribution in [2.45, 2.75) is 43.8 Å². The molecule has 3 aromatic rings. The van der Waals surface area contributed by atoms with E-state index in [2.05, 4.69) is 14.9 Å². The highest BCUT2D eigenvalue weighted by Crippen LogP contribution is 2.41. The first-order valence-electron chi connectivity index (χ1n) is 12.0. The topological polar surface area (TPSA) is 75.6 Å². The molecule has 1 aliphatic rings. The number of nitrogens with zero attached hydrogens (tertiary/aromatic N) is 3. The van der Waals surface area contributed by atoms with Gasteiger partial charge in [0.2, 0.25) is 0 Å². The zero-order chi connectivity index (χ0) is 24.8. The van der Waals surface area contributed by atoms with E-state index in [4.69, 9.17) is 4.74 Å². The number of piperidine rings is 1. The fraction of sp³-hybridized carbons (Fsp3) is 0.444. The van der Waals surface area contributed by atoms with Gasteiger partial charge in [-0.15, -0.1) is 11.8 Å². The number of halogens is 1. The number of benzene rings is 1. The number of pyridine rings is 2. The molecule has 1 unspecified atom stereocenters. The molecule has 35 heavy (non-hydrogen) atoms. The summed E-state index contributed by atoms with van der Waals surface area (Å²) in [5.74, 6) is 0.737. The Hall–Kier alpha value is -2.71. The van der Waals surface area contributed by atoms with Crippen molar-refractivity contribution in [3.8, 4) is 5.75 Å². The number of thioether (sulfide) groups is 1. The molecule has 0 bridgehead atoms. The number of likely N-dealkylation sites (tertiary alicyclic amines) is 1. The van der Waals surface area contributed by atoms with Crippen molar-refractivity contribution in [3.05, 3.63) is 59.9 Å². The molecular weight excluding hydrogens is 465 g/mol. The van der Waals surface area contributed by atoms with Crippen LogP contribution in [-0.4, -0.2) is 58.4 Å².